The number of amides is 1. The van der Waals surface area contributed by atoms with Crippen molar-refractivity contribution < 1.29 is 9.18 Å². The van der Waals surface area contributed by atoms with Crippen molar-refractivity contribution in [3.63, 3.8) is 0 Å². The molecular weight excluding hydrogens is 371 g/mol. The zero-order valence-corrected chi connectivity index (χ0v) is 14.3. The van der Waals surface area contributed by atoms with Crippen LogP contribution in [0.4, 0.5) is 10.1 Å². The first-order valence-electron chi connectivity index (χ1n) is 6.62. The Balaban J connectivity index is 1.89. The molecule has 0 aliphatic rings. The van der Waals surface area contributed by atoms with E-state index < -0.39 is 5.82 Å². The normalized spacial score (nSPS) is 10.8. The van der Waals surface area contributed by atoms with E-state index in [-0.39, 0.29) is 18.1 Å². The lowest BCUT2D eigenvalue weighted by atomic mass is 10.2. The van der Waals surface area contributed by atoms with E-state index in [2.05, 4.69) is 21.2 Å². The fourth-order valence-corrected chi connectivity index (χ4v) is 2.41. The number of likely N-dealkylation sites (N-methyl/N-ethyl adjacent to an activating group) is 1. The Morgan fingerprint density at radius 1 is 1.27 bits per heavy atom. The number of nitrogens with zero attached hydrogens (tertiary/aromatic N) is 1. The Kier molecular flexibility index (Phi) is 5.94. The third-order valence-electron chi connectivity index (χ3n) is 2.98. The quantitative estimate of drug-likeness (QED) is 0.832. The summed E-state index contributed by atoms with van der Waals surface area (Å²) in [7, 11) is 1.83. The number of benzene rings is 2. The smallest absolute Gasteiger partial charge is 0.238 e. The Bertz CT molecular complexity index is 664. The maximum atomic E-state index is 13.6. The molecule has 116 valence electrons. The summed E-state index contributed by atoms with van der Waals surface area (Å²) in [5.41, 5.74) is 1.22. The molecule has 2 aromatic rings. The van der Waals surface area contributed by atoms with Crippen molar-refractivity contribution in [3.8, 4) is 0 Å². The van der Waals surface area contributed by atoms with E-state index in [0.717, 1.165) is 10.0 Å². The van der Waals surface area contributed by atoms with Gasteiger partial charge in [0.25, 0.3) is 0 Å². The molecule has 0 saturated heterocycles. The molecule has 6 heteroatoms. The number of halogens is 3. The van der Waals surface area contributed by atoms with Crippen molar-refractivity contribution in [1.82, 2.24) is 4.90 Å². The van der Waals surface area contributed by atoms with Crippen molar-refractivity contribution in [2.75, 3.05) is 18.9 Å². The first kappa shape index (κ1) is 16.9. The summed E-state index contributed by atoms with van der Waals surface area (Å²) in [4.78, 5) is 13.8. The zero-order valence-electron chi connectivity index (χ0n) is 11.9. The molecule has 0 aliphatic carbocycles. The Labute approximate surface area is 142 Å². The van der Waals surface area contributed by atoms with Gasteiger partial charge in [-0.2, -0.15) is 0 Å². The number of nitrogens with one attached hydrogen (secondary N) is 1. The monoisotopic (exact) mass is 384 g/mol. The van der Waals surface area contributed by atoms with E-state index >= 15 is 0 Å². The van der Waals surface area contributed by atoms with Gasteiger partial charge in [-0.05, 0) is 42.9 Å². The maximum absolute atomic E-state index is 13.6. The van der Waals surface area contributed by atoms with Crippen molar-refractivity contribution in [3.05, 3.63) is 63.3 Å². The van der Waals surface area contributed by atoms with Crippen molar-refractivity contribution >= 4 is 39.1 Å². The SMILES string of the molecule is CN(CC(=O)Nc1ccc(Cl)cc1F)Cc1ccc(Br)cc1. The molecule has 0 saturated carbocycles. The standard InChI is InChI=1S/C16H15BrClFN2O/c1-21(9-11-2-4-12(17)5-3-11)10-16(22)20-15-7-6-13(18)8-14(15)19/h2-8H,9-10H2,1H3,(H,20,22). The van der Waals surface area contributed by atoms with Crippen LogP contribution in [0, 0.1) is 5.82 Å². The first-order chi connectivity index (χ1) is 10.4. The summed E-state index contributed by atoms with van der Waals surface area (Å²) < 4.78 is 14.6. The van der Waals surface area contributed by atoms with Gasteiger partial charge in [-0.3, -0.25) is 9.69 Å². The van der Waals surface area contributed by atoms with E-state index in [0.29, 0.717) is 11.6 Å². The van der Waals surface area contributed by atoms with Gasteiger partial charge in [0.2, 0.25) is 5.91 Å². The Morgan fingerprint density at radius 3 is 2.59 bits per heavy atom. The Hall–Kier alpha value is -1.43. The van der Waals surface area contributed by atoms with Gasteiger partial charge in [0.1, 0.15) is 5.82 Å². The molecule has 1 N–H and O–H groups in total. The van der Waals surface area contributed by atoms with Crippen LogP contribution in [0.5, 0.6) is 0 Å². The van der Waals surface area contributed by atoms with Gasteiger partial charge >= 0.3 is 0 Å². The molecule has 1 amide bonds. The van der Waals surface area contributed by atoms with Gasteiger partial charge in [0.15, 0.2) is 0 Å². The number of hydrogen-bond acceptors (Lipinski definition) is 2. The highest BCUT2D eigenvalue weighted by Gasteiger charge is 2.10. The predicted octanol–water partition coefficient (Wildman–Crippen LogP) is 4.31. The molecule has 0 atom stereocenters. The molecule has 2 aromatic carbocycles. The Morgan fingerprint density at radius 2 is 1.95 bits per heavy atom. The molecule has 2 rings (SSSR count). The van der Waals surface area contributed by atoms with Crippen LogP contribution in [0.2, 0.25) is 5.02 Å². The van der Waals surface area contributed by atoms with Crippen LogP contribution in [0.3, 0.4) is 0 Å². The lowest BCUT2D eigenvalue weighted by Crippen LogP contribution is -2.30. The van der Waals surface area contributed by atoms with Gasteiger partial charge in [-0.25, -0.2) is 4.39 Å². The summed E-state index contributed by atoms with van der Waals surface area (Å²) >= 11 is 9.05. The van der Waals surface area contributed by atoms with E-state index in [9.17, 15) is 9.18 Å². The molecule has 0 fully saturated rings. The van der Waals surface area contributed by atoms with E-state index in [1.54, 1.807) is 0 Å². The van der Waals surface area contributed by atoms with Gasteiger partial charge in [0, 0.05) is 16.0 Å². The highest BCUT2D eigenvalue weighted by atomic mass is 79.9. The van der Waals surface area contributed by atoms with Crippen LogP contribution in [0.15, 0.2) is 46.9 Å². The minimum atomic E-state index is -0.545. The van der Waals surface area contributed by atoms with Gasteiger partial charge in [-0.15, -0.1) is 0 Å². The summed E-state index contributed by atoms with van der Waals surface area (Å²) in [6.07, 6.45) is 0. The van der Waals surface area contributed by atoms with Crippen LogP contribution in [-0.4, -0.2) is 24.4 Å². The summed E-state index contributed by atoms with van der Waals surface area (Å²) in [5.74, 6) is -0.822. The number of carbonyl (C=O) groups excluding carboxylic acids is 1. The van der Waals surface area contributed by atoms with Crippen molar-refractivity contribution in [2.24, 2.45) is 0 Å². The molecule has 0 spiro atoms. The molecule has 0 radical (unpaired) electrons. The molecule has 0 heterocycles. The zero-order chi connectivity index (χ0) is 16.1. The number of anilines is 1. The third-order valence-corrected chi connectivity index (χ3v) is 3.75. The summed E-state index contributed by atoms with van der Waals surface area (Å²) in [6, 6.07) is 12.0. The maximum Gasteiger partial charge on any atom is 0.238 e. The first-order valence-corrected chi connectivity index (χ1v) is 7.79. The second-order valence-electron chi connectivity index (χ2n) is 4.97. The average molecular weight is 386 g/mol. The highest BCUT2D eigenvalue weighted by molar-refractivity contribution is 9.10. The average Bonchev–Trinajstić information content (AvgIpc) is 2.44. The lowest BCUT2D eigenvalue weighted by Gasteiger charge is -2.16. The number of carbonyl (C=O) groups is 1. The summed E-state index contributed by atoms with van der Waals surface area (Å²) in [6.45, 7) is 0.794. The number of hydrogen-bond donors (Lipinski definition) is 1. The molecule has 0 aliphatic heterocycles. The second kappa shape index (κ2) is 7.72. The van der Waals surface area contributed by atoms with Crippen molar-refractivity contribution in [2.45, 2.75) is 6.54 Å². The largest absolute Gasteiger partial charge is 0.322 e. The van der Waals surface area contributed by atoms with Crippen LogP contribution in [-0.2, 0) is 11.3 Å². The molecule has 0 aromatic heterocycles. The number of rotatable bonds is 5. The summed E-state index contributed by atoms with van der Waals surface area (Å²) in [5, 5.41) is 2.84. The fourth-order valence-electron chi connectivity index (χ4n) is 1.98. The van der Waals surface area contributed by atoms with Crippen LogP contribution < -0.4 is 5.32 Å². The highest BCUT2D eigenvalue weighted by Crippen LogP contribution is 2.18. The molecule has 22 heavy (non-hydrogen) atoms. The third kappa shape index (κ3) is 5.09. The minimum absolute atomic E-state index is 0.131. The van der Waals surface area contributed by atoms with E-state index in [1.165, 1.54) is 18.2 Å². The predicted molar refractivity (Wildman–Crippen MR) is 90.5 cm³/mol. The van der Waals surface area contributed by atoms with Crippen LogP contribution >= 0.6 is 27.5 Å². The lowest BCUT2D eigenvalue weighted by molar-refractivity contribution is -0.117. The van der Waals surface area contributed by atoms with Crippen LogP contribution in [0.25, 0.3) is 0 Å². The van der Waals surface area contributed by atoms with Gasteiger partial charge < -0.3 is 5.32 Å². The van der Waals surface area contributed by atoms with Gasteiger partial charge in [0.05, 0.1) is 12.2 Å². The second-order valence-corrected chi connectivity index (χ2v) is 6.32. The minimum Gasteiger partial charge on any atom is -0.322 e. The van der Waals surface area contributed by atoms with Gasteiger partial charge in [-0.1, -0.05) is 39.7 Å². The molecule has 0 bridgehead atoms. The van der Waals surface area contributed by atoms with E-state index in [1.807, 2.05) is 36.2 Å². The molecular formula is C16H15BrClFN2O. The molecule has 0 unspecified atom stereocenters. The van der Waals surface area contributed by atoms with E-state index in [4.69, 9.17) is 11.6 Å². The fraction of sp³-hybridized carbons (Fsp3) is 0.188. The topological polar surface area (TPSA) is 32.3 Å². The van der Waals surface area contributed by atoms with Crippen LogP contribution in [0.1, 0.15) is 5.56 Å². The molecule has 3 nitrogen and oxygen atoms in total. The van der Waals surface area contributed by atoms with Crippen molar-refractivity contribution in [1.29, 1.82) is 0 Å².